The third kappa shape index (κ3) is 11.9. The van der Waals surface area contributed by atoms with Gasteiger partial charge in [0.25, 0.3) is 0 Å². The Kier molecular flexibility index (Phi) is 21.9. The molecule has 0 amide bonds. The van der Waals surface area contributed by atoms with Gasteiger partial charge in [-0.05, 0) is 12.8 Å². The molecule has 0 aromatic rings. The van der Waals surface area contributed by atoms with Crippen LogP contribution in [0.2, 0.25) is 0 Å². The largest absolute Gasteiger partial charge is 4.00 e. The van der Waals surface area contributed by atoms with Gasteiger partial charge in [0.1, 0.15) is 0 Å². The molecule has 2 aliphatic rings. The summed E-state index contributed by atoms with van der Waals surface area (Å²) >= 11 is 0. The van der Waals surface area contributed by atoms with Crippen LogP contribution in [0.5, 0.6) is 0 Å². The SMILES string of the molecule is CCCC(C)C1=[C-]CC=C1.CCCC(C)C1=[C-]CC=C1.[Br-].[Br-].[Zr+4]. The van der Waals surface area contributed by atoms with Gasteiger partial charge in [-0.2, -0.15) is 12.2 Å². The molecule has 0 heterocycles. The van der Waals surface area contributed by atoms with Crippen molar-refractivity contribution in [1.82, 2.24) is 0 Å². The van der Waals surface area contributed by atoms with Crippen LogP contribution in [0.25, 0.3) is 0 Å². The van der Waals surface area contributed by atoms with Gasteiger partial charge in [0, 0.05) is 0 Å². The molecule has 0 spiro atoms. The second kappa shape index (κ2) is 17.6. The van der Waals surface area contributed by atoms with Gasteiger partial charge < -0.3 is 34.0 Å². The van der Waals surface area contributed by atoms with Crippen LogP contribution in [0.1, 0.15) is 66.2 Å². The molecule has 0 aromatic carbocycles. The Bertz CT molecular complexity index is 356. The quantitative estimate of drug-likeness (QED) is 0.440. The van der Waals surface area contributed by atoms with Crippen LogP contribution in [-0.4, -0.2) is 0 Å². The van der Waals surface area contributed by atoms with Crippen molar-refractivity contribution in [2.45, 2.75) is 66.2 Å². The summed E-state index contributed by atoms with van der Waals surface area (Å²) in [7, 11) is 0. The molecule has 0 nitrogen and oxygen atoms in total. The predicted molar refractivity (Wildman–Crippen MR) is 89.2 cm³/mol. The average molecular weight is 521 g/mol. The third-order valence-corrected chi connectivity index (χ3v) is 3.95. The van der Waals surface area contributed by atoms with Crippen LogP contribution in [0.3, 0.4) is 0 Å². The van der Waals surface area contributed by atoms with Crippen LogP contribution in [0.4, 0.5) is 0 Å². The van der Waals surface area contributed by atoms with E-state index in [1.165, 1.54) is 36.8 Å². The van der Waals surface area contributed by atoms with E-state index in [9.17, 15) is 0 Å². The normalized spacial score (nSPS) is 16.7. The first-order chi connectivity index (χ1) is 9.69. The molecule has 2 unspecified atom stereocenters. The first kappa shape index (κ1) is 28.6. The molecule has 128 valence electrons. The number of hydrogen-bond donors (Lipinski definition) is 0. The van der Waals surface area contributed by atoms with E-state index in [0.29, 0.717) is 0 Å². The van der Waals surface area contributed by atoms with E-state index in [0.717, 1.165) is 24.7 Å². The smallest absolute Gasteiger partial charge is 1.00 e. The number of rotatable bonds is 6. The minimum absolute atomic E-state index is 0. The standard InChI is InChI=1S/2C10H15.2BrH.Zr/c2*1-3-6-9(2)10-7-4-5-8-10;;;/h2*4,7,9H,3,5-6H2,1-2H3;2*1H;/q2*-1;;;+4/p-2. The number of hydrogen-bond acceptors (Lipinski definition) is 0. The Balaban J connectivity index is -0.000000308. The maximum Gasteiger partial charge on any atom is 4.00 e. The monoisotopic (exact) mass is 518 g/mol. The number of allylic oxidation sites excluding steroid dienone is 8. The zero-order chi connectivity index (χ0) is 14.8. The molecule has 2 rings (SSSR count). The molecule has 0 saturated carbocycles. The maximum absolute atomic E-state index is 3.35. The van der Waals surface area contributed by atoms with Gasteiger partial charge in [-0.3, -0.25) is 12.2 Å². The Labute approximate surface area is 184 Å². The number of halogens is 2. The average Bonchev–Trinajstić information content (AvgIpc) is 3.14. The van der Waals surface area contributed by atoms with Gasteiger partial charge in [0.05, 0.1) is 0 Å². The van der Waals surface area contributed by atoms with Gasteiger partial charge in [-0.1, -0.05) is 52.4 Å². The van der Waals surface area contributed by atoms with Crippen molar-refractivity contribution in [1.29, 1.82) is 0 Å². The predicted octanol–water partition coefficient (Wildman–Crippen LogP) is 0.230. The second-order valence-corrected chi connectivity index (χ2v) is 5.86. The zero-order valence-corrected chi connectivity index (χ0v) is 20.6. The van der Waals surface area contributed by atoms with Crippen LogP contribution >= 0.6 is 0 Å². The third-order valence-electron chi connectivity index (χ3n) is 3.95. The van der Waals surface area contributed by atoms with Crippen molar-refractivity contribution < 1.29 is 60.2 Å². The van der Waals surface area contributed by atoms with E-state index < -0.39 is 0 Å². The van der Waals surface area contributed by atoms with Gasteiger partial charge >= 0.3 is 26.2 Å². The molecule has 0 aliphatic heterocycles. The Hall–Kier alpha value is 0.803. The maximum atomic E-state index is 3.35. The molecule has 0 fully saturated rings. The van der Waals surface area contributed by atoms with Crippen molar-refractivity contribution in [3.63, 3.8) is 0 Å². The van der Waals surface area contributed by atoms with E-state index in [2.05, 4.69) is 64.2 Å². The van der Waals surface area contributed by atoms with Crippen LogP contribution in [0, 0.1) is 24.0 Å². The first-order valence-electron chi connectivity index (χ1n) is 8.23. The van der Waals surface area contributed by atoms with E-state index in [-0.39, 0.29) is 60.2 Å². The Morgan fingerprint density at radius 1 is 0.826 bits per heavy atom. The Morgan fingerprint density at radius 2 is 1.17 bits per heavy atom. The summed E-state index contributed by atoms with van der Waals surface area (Å²) in [6.07, 6.45) is 22.7. The molecular formula is C20H30Br2Zr. The van der Waals surface area contributed by atoms with Crippen molar-refractivity contribution in [2.75, 3.05) is 0 Å². The van der Waals surface area contributed by atoms with Gasteiger partial charge in [-0.15, -0.1) is 12.8 Å². The molecule has 23 heavy (non-hydrogen) atoms. The molecule has 0 saturated heterocycles. The molecular weight excluding hydrogens is 491 g/mol. The summed E-state index contributed by atoms with van der Waals surface area (Å²) in [5.74, 6) is 1.45. The van der Waals surface area contributed by atoms with E-state index in [1.54, 1.807) is 0 Å². The fourth-order valence-corrected chi connectivity index (χ4v) is 2.70. The van der Waals surface area contributed by atoms with Crippen molar-refractivity contribution in [3.8, 4) is 0 Å². The summed E-state index contributed by atoms with van der Waals surface area (Å²) < 4.78 is 0. The molecule has 0 radical (unpaired) electrons. The Morgan fingerprint density at radius 3 is 1.39 bits per heavy atom. The minimum atomic E-state index is 0. The van der Waals surface area contributed by atoms with E-state index in [1.807, 2.05) is 0 Å². The first-order valence-corrected chi connectivity index (χ1v) is 8.23. The van der Waals surface area contributed by atoms with Gasteiger partial charge in [0.2, 0.25) is 0 Å². The summed E-state index contributed by atoms with van der Waals surface area (Å²) in [5.41, 5.74) is 2.84. The molecule has 2 aliphatic carbocycles. The summed E-state index contributed by atoms with van der Waals surface area (Å²) in [5, 5.41) is 0. The van der Waals surface area contributed by atoms with Gasteiger partial charge in [-0.25, -0.2) is 23.3 Å². The molecule has 0 bridgehead atoms. The van der Waals surface area contributed by atoms with Crippen LogP contribution in [0.15, 0.2) is 35.5 Å². The van der Waals surface area contributed by atoms with Crippen LogP contribution < -0.4 is 34.0 Å². The fraction of sp³-hybridized carbons (Fsp3) is 0.600. The zero-order valence-electron chi connectivity index (χ0n) is 15.0. The molecule has 2 atom stereocenters. The van der Waals surface area contributed by atoms with E-state index in [4.69, 9.17) is 0 Å². The fourth-order valence-electron chi connectivity index (χ4n) is 2.70. The van der Waals surface area contributed by atoms with Gasteiger partial charge in [0.15, 0.2) is 0 Å². The van der Waals surface area contributed by atoms with Crippen molar-refractivity contribution in [3.05, 3.63) is 47.6 Å². The minimum Gasteiger partial charge on any atom is -1.00 e. The molecule has 0 N–H and O–H groups in total. The molecule has 0 aromatic heterocycles. The second-order valence-electron chi connectivity index (χ2n) is 5.86. The summed E-state index contributed by atoms with van der Waals surface area (Å²) in [6.45, 7) is 9.02. The summed E-state index contributed by atoms with van der Waals surface area (Å²) in [4.78, 5) is 0. The topological polar surface area (TPSA) is 0 Å². The van der Waals surface area contributed by atoms with E-state index >= 15 is 0 Å². The van der Waals surface area contributed by atoms with Crippen molar-refractivity contribution >= 4 is 0 Å². The van der Waals surface area contributed by atoms with Crippen LogP contribution in [-0.2, 0) is 26.2 Å². The van der Waals surface area contributed by atoms with Crippen molar-refractivity contribution in [2.24, 2.45) is 11.8 Å². The molecule has 3 heteroatoms. The summed E-state index contributed by atoms with van der Waals surface area (Å²) in [6, 6.07) is 0.